The zero-order valence-corrected chi connectivity index (χ0v) is 21.9. The van der Waals surface area contributed by atoms with E-state index in [9.17, 15) is 5.11 Å². The maximum absolute atomic E-state index is 10.9. The van der Waals surface area contributed by atoms with E-state index < -0.39 is 0 Å². The van der Waals surface area contributed by atoms with Crippen molar-refractivity contribution in [3.05, 3.63) is 11.6 Å². The van der Waals surface area contributed by atoms with Gasteiger partial charge in [-0.05, 0) is 114 Å². The number of rotatable bonds is 0. The molecule has 5 aliphatic rings. The highest BCUT2D eigenvalue weighted by Gasteiger charge is 2.67. The molecule has 0 bridgehead atoms. The van der Waals surface area contributed by atoms with Crippen LogP contribution in [-0.2, 0) is 0 Å². The lowest BCUT2D eigenvalue weighted by Crippen LogP contribution is -2.64. The van der Waals surface area contributed by atoms with Crippen molar-refractivity contribution in [2.75, 3.05) is 0 Å². The molecular formula is C30H50O. The zero-order valence-electron chi connectivity index (χ0n) is 21.9. The summed E-state index contributed by atoms with van der Waals surface area (Å²) in [6.07, 6.45) is 14.5. The van der Waals surface area contributed by atoms with Crippen LogP contribution < -0.4 is 0 Å². The molecule has 0 unspecified atom stereocenters. The first-order valence-electron chi connectivity index (χ1n) is 13.7. The predicted octanol–water partition coefficient (Wildman–Crippen LogP) is 8.02. The van der Waals surface area contributed by atoms with E-state index in [4.69, 9.17) is 0 Å². The van der Waals surface area contributed by atoms with Crippen LogP contribution in [0.2, 0.25) is 0 Å². The highest BCUT2D eigenvalue weighted by Crippen LogP contribution is 2.75. The van der Waals surface area contributed by atoms with E-state index in [-0.39, 0.29) is 11.5 Å². The molecule has 5 rings (SSSR count). The van der Waals surface area contributed by atoms with Crippen LogP contribution in [-0.4, -0.2) is 11.2 Å². The quantitative estimate of drug-likeness (QED) is 0.389. The van der Waals surface area contributed by atoms with Gasteiger partial charge in [0.15, 0.2) is 0 Å². The topological polar surface area (TPSA) is 20.2 Å². The van der Waals surface area contributed by atoms with E-state index in [1.54, 1.807) is 0 Å². The summed E-state index contributed by atoms with van der Waals surface area (Å²) in [6.45, 7) is 20.5. The third-order valence-corrected chi connectivity index (χ3v) is 13.4. The largest absolute Gasteiger partial charge is 0.393 e. The van der Waals surface area contributed by atoms with Crippen LogP contribution in [0, 0.1) is 56.7 Å². The van der Waals surface area contributed by atoms with Crippen molar-refractivity contribution < 1.29 is 5.11 Å². The van der Waals surface area contributed by atoms with Crippen LogP contribution in [0.3, 0.4) is 0 Å². The lowest BCUT2D eigenvalue weighted by molar-refractivity contribution is -0.203. The van der Waals surface area contributed by atoms with Crippen molar-refractivity contribution >= 4 is 0 Å². The molecule has 4 fully saturated rings. The van der Waals surface area contributed by atoms with Crippen molar-refractivity contribution in [3.8, 4) is 0 Å². The lowest BCUT2D eigenvalue weighted by atomic mass is 9.33. The molecule has 0 radical (unpaired) electrons. The normalized spacial score (nSPS) is 58.3. The summed E-state index contributed by atoms with van der Waals surface area (Å²) in [5.74, 6) is 3.90. The Kier molecular flexibility index (Phi) is 4.82. The average Bonchev–Trinajstić information content (AvgIpc) is 2.69. The first-order valence-corrected chi connectivity index (χ1v) is 13.7. The van der Waals surface area contributed by atoms with Gasteiger partial charge in [-0.3, -0.25) is 0 Å². The third-order valence-electron chi connectivity index (χ3n) is 13.4. The molecule has 0 spiro atoms. The number of allylic oxidation sites excluding steroid dienone is 2. The molecule has 1 heteroatoms. The molecular weight excluding hydrogens is 376 g/mol. The Bertz CT molecular complexity index is 779. The third kappa shape index (κ3) is 2.65. The number of aliphatic hydroxyl groups excluding tert-OH is 1. The Labute approximate surface area is 192 Å². The van der Waals surface area contributed by atoms with Crippen LogP contribution in [0.15, 0.2) is 11.6 Å². The Balaban J connectivity index is 1.59. The Hall–Kier alpha value is -0.300. The monoisotopic (exact) mass is 426 g/mol. The van der Waals surface area contributed by atoms with E-state index in [1.807, 2.05) is 5.57 Å². The molecule has 5 aliphatic carbocycles. The van der Waals surface area contributed by atoms with Gasteiger partial charge in [0.05, 0.1) is 6.10 Å². The number of aliphatic hydroxyl groups is 1. The van der Waals surface area contributed by atoms with E-state index >= 15 is 0 Å². The van der Waals surface area contributed by atoms with Crippen LogP contribution in [0.4, 0.5) is 0 Å². The van der Waals surface area contributed by atoms with Crippen molar-refractivity contribution in [1.29, 1.82) is 0 Å². The summed E-state index contributed by atoms with van der Waals surface area (Å²) < 4.78 is 0. The zero-order chi connectivity index (χ0) is 22.6. The molecule has 176 valence electrons. The summed E-state index contributed by atoms with van der Waals surface area (Å²) in [5, 5.41) is 10.9. The van der Waals surface area contributed by atoms with Crippen molar-refractivity contribution in [2.45, 2.75) is 119 Å². The molecule has 31 heavy (non-hydrogen) atoms. The fourth-order valence-corrected chi connectivity index (χ4v) is 10.8. The lowest BCUT2D eigenvalue weighted by Gasteiger charge is -2.71. The molecule has 0 amide bonds. The standard InChI is InChI=1S/C30H50O/c1-19-11-14-27(5)17-18-29(7)21(25(27)20(19)2)9-10-23-28(6)15-13-24(31)26(3,4)22(28)12-16-30(23,29)8/h9,19-20,22-25,31H,10-18H2,1-8H3/t19-,20+,22+,23-,24+,25-,27-,28+,29-,30+/m1/s1. The van der Waals surface area contributed by atoms with Gasteiger partial charge in [-0.15, -0.1) is 0 Å². The molecule has 4 saturated carbocycles. The van der Waals surface area contributed by atoms with Crippen molar-refractivity contribution in [1.82, 2.24) is 0 Å². The summed E-state index contributed by atoms with van der Waals surface area (Å²) in [4.78, 5) is 0. The molecule has 0 aromatic heterocycles. The number of hydrogen-bond donors (Lipinski definition) is 1. The first-order chi connectivity index (χ1) is 14.3. The van der Waals surface area contributed by atoms with Gasteiger partial charge in [-0.1, -0.05) is 67.0 Å². The molecule has 0 aromatic rings. The van der Waals surface area contributed by atoms with Gasteiger partial charge in [0, 0.05) is 0 Å². The van der Waals surface area contributed by atoms with Gasteiger partial charge in [0.2, 0.25) is 0 Å². The fraction of sp³-hybridized carbons (Fsp3) is 0.933. The minimum Gasteiger partial charge on any atom is -0.393 e. The van der Waals surface area contributed by atoms with Gasteiger partial charge >= 0.3 is 0 Å². The molecule has 0 aliphatic heterocycles. The highest BCUT2D eigenvalue weighted by atomic mass is 16.3. The second-order valence-electron chi connectivity index (χ2n) is 14.7. The average molecular weight is 427 g/mol. The van der Waals surface area contributed by atoms with Crippen LogP contribution in [0.5, 0.6) is 0 Å². The second-order valence-corrected chi connectivity index (χ2v) is 14.7. The second kappa shape index (κ2) is 6.64. The van der Waals surface area contributed by atoms with Gasteiger partial charge in [0.1, 0.15) is 0 Å². The van der Waals surface area contributed by atoms with Gasteiger partial charge in [-0.25, -0.2) is 0 Å². The number of hydrogen-bond acceptors (Lipinski definition) is 1. The smallest absolute Gasteiger partial charge is 0.0594 e. The van der Waals surface area contributed by atoms with Crippen LogP contribution in [0.25, 0.3) is 0 Å². The van der Waals surface area contributed by atoms with Crippen LogP contribution in [0.1, 0.15) is 113 Å². The predicted molar refractivity (Wildman–Crippen MR) is 131 cm³/mol. The van der Waals surface area contributed by atoms with E-state index in [0.29, 0.717) is 27.6 Å². The highest BCUT2D eigenvalue weighted by molar-refractivity contribution is 5.33. The molecule has 10 atom stereocenters. The minimum atomic E-state index is -0.125. The minimum absolute atomic E-state index is 0.0533. The molecule has 1 N–H and O–H groups in total. The van der Waals surface area contributed by atoms with Gasteiger partial charge in [-0.2, -0.15) is 0 Å². The fourth-order valence-electron chi connectivity index (χ4n) is 10.8. The Morgan fingerprint density at radius 3 is 2.23 bits per heavy atom. The maximum atomic E-state index is 10.9. The van der Waals surface area contributed by atoms with E-state index in [1.165, 1.54) is 51.4 Å². The SMILES string of the molecule is C[C@H]1[C@H](C)CC[C@]2(C)CC[C@]3(C)C(=CC[C@@H]4[C@@]5(C)CC[C@H](O)C(C)(C)[C@@H]5CC[C@@]43C)[C@@H]12. The molecule has 0 heterocycles. The van der Waals surface area contributed by atoms with Crippen molar-refractivity contribution in [3.63, 3.8) is 0 Å². The van der Waals surface area contributed by atoms with Crippen LogP contribution >= 0.6 is 0 Å². The van der Waals surface area contributed by atoms with Gasteiger partial charge < -0.3 is 5.11 Å². The summed E-state index contributed by atoms with van der Waals surface area (Å²) >= 11 is 0. The first kappa shape index (κ1) is 22.5. The Morgan fingerprint density at radius 1 is 0.806 bits per heavy atom. The summed E-state index contributed by atoms with van der Waals surface area (Å²) in [5.41, 5.74) is 3.60. The summed E-state index contributed by atoms with van der Waals surface area (Å²) in [6, 6.07) is 0. The molecule has 0 aromatic carbocycles. The van der Waals surface area contributed by atoms with Crippen molar-refractivity contribution in [2.24, 2.45) is 56.7 Å². The van der Waals surface area contributed by atoms with E-state index in [0.717, 1.165) is 30.1 Å². The number of fused-ring (bicyclic) bond motifs is 7. The van der Waals surface area contributed by atoms with Gasteiger partial charge in [0.25, 0.3) is 0 Å². The van der Waals surface area contributed by atoms with E-state index in [2.05, 4.69) is 61.5 Å². The maximum Gasteiger partial charge on any atom is 0.0594 e. The molecule has 1 nitrogen and oxygen atoms in total. The molecule has 0 saturated heterocycles. The summed E-state index contributed by atoms with van der Waals surface area (Å²) in [7, 11) is 0. The Morgan fingerprint density at radius 2 is 1.52 bits per heavy atom.